The van der Waals surface area contributed by atoms with Gasteiger partial charge in [0.25, 0.3) is 0 Å². The Balaban J connectivity index is 2.24. The van der Waals surface area contributed by atoms with E-state index in [-0.39, 0.29) is 11.3 Å². The Hall–Kier alpha value is -1.34. The first kappa shape index (κ1) is 15.1. The van der Waals surface area contributed by atoms with Gasteiger partial charge in [-0.25, -0.2) is 4.39 Å². The van der Waals surface area contributed by atoms with E-state index in [0.29, 0.717) is 26.2 Å². The van der Waals surface area contributed by atoms with Crippen LogP contribution in [0.2, 0.25) is 0 Å². The predicted molar refractivity (Wildman–Crippen MR) is 66.3 cm³/mol. The maximum atomic E-state index is 13.3. The van der Waals surface area contributed by atoms with Crippen LogP contribution in [0.25, 0.3) is 0 Å². The van der Waals surface area contributed by atoms with Gasteiger partial charge in [-0.1, -0.05) is 18.2 Å². The second-order valence-electron chi connectivity index (χ2n) is 4.54. The molecule has 112 valence electrons. The van der Waals surface area contributed by atoms with Crippen LogP contribution in [0, 0.1) is 0 Å². The Kier molecular flexibility index (Phi) is 4.82. The average Bonchev–Trinajstić information content (AvgIpc) is 2.41. The first-order chi connectivity index (χ1) is 9.51. The van der Waals surface area contributed by atoms with Gasteiger partial charge in [0.2, 0.25) is 0 Å². The van der Waals surface area contributed by atoms with Crippen molar-refractivity contribution in [2.75, 3.05) is 32.9 Å². The third kappa shape index (κ3) is 3.83. The number of hydrogen-bond acceptors (Lipinski definition) is 3. The van der Waals surface area contributed by atoms with Gasteiger partial charge in [0.15, 0.2) is 0 Å². The minimum atomic E-state index is -4.78. The molecule has 1 heterocycles. The van der Waals surface area contributed by atoms with E-state index in [0.717, 1.165) is 0 Å². The van der Waals surface area contributed by atoms with Crippen LogP contribution >= 0.6 is 0 Å². The Morgan fingerprint density at radius 2 is 1.85 bits per heavy atom. The highest BCUT2D eigenvalue weighted by Gasteiger charge is 2.34. The zero-order chi connectivity index (χ0) is 14.6. The number of piperazine rings is 1. The Bertz CT molecular complexity index is 433. The van der Waals surface area contributed by atoms with Gasteiger partial charge in [0, 0.05) is 31.7 Å². The van der Waals surface area contributed by atoms with Crippen LogP contribution in [0.4, 0.5) is 17.6 Å². The van der Waals surface area contributed by atoms with Gasteiger partial charge in [-0.2, -0.15) is 0 Å². The number of nitrogens with one attached hydrogen (secondary N) is 1. The molecule has 2 rings (SSSR count). The lowest BCUT2D eigenvalue weighted by atomic mass is 10.0. The van der Waals surface area contributed by atoms with Crippen LogP contribution < -0.4 is 10.1 Å². The van der Waals surface area contributed by atoms with E-state index < -0.39 is 19.1 Å². The summed E-state index contributed by atoms with van der Waals surface area (Å²) >= 11 is 0. The highest BCUT2D eigenvalue weighted by atomic mass is 19.4. The third-order valence-electron chi connectivity index (χ3n) is 3.24. The lowest BCUT2D eigenvalue weighted by molar-refractivity contribution is -0.275. The second-order valence-corrected chi connectivity index (χ2v) is 4.54. The summed E-state index contributed by atoms with van der Waals surface area (Å²) < 4.78 is 54.5. The molecule has 0 unspecified atom stereocenters. The number of ether oxygens (including phenoxy) is 1. The summed E-state index contributed by atoms with van der Waals surface area (Å²) in [6.07, 6.45) is -4.78. The smallest absolute Gasteiger partial charge is 0.405 e. The third-order valence-corrected chi connectivity index (χ3v) is 3.24. The summed E-state index contributed by atoms with van der Waals surface area (Å²) in [5, 5.41) is 3.12. The van der Waals surface area contributed by atoms with Gasteiger partial charge in [-0.05, 0) is 6.07 Å². The fourth-order valence-corrected chi connectivity index (χ4v) is 2.34. The van der Waals surface area contributed by atoms with Crippen molar-refractivity contribution in [1.29, 1.82) is 0 Å². The molecule has 20 heavy (non-hydrogen) atoms. The SMILES string of the molecule is FC[C@@H](c1ccccc1OC(F)(F)F)N1CCNCC1. The summed E-state index contributed by atoms with van der Waals surface area (Å²) in [6, 6.07) is 5.01. The zero-order valence-electron chi connectivity index (χ0n) is 10.8. The number of halogens is 4. The summed E-state index contributed by atoms with van der Waals surface area (Å²) in [4.78, 5) is 1.83. The molecular weight excluding hydrogens is 276 g/mol. The van der Waals surface area contributed by atoms with Crippen LogP contribution in [0.1, 0.15) is 11.6 Å². The maximum absolute atomic E-state index is 13.3. The van der Waals surface area contributed by atoms with Gasteiger partial charge in [-0.3, -0.25) is 4.90 Å². The van der Waals surface area contributed by atoms with Crippen molar-refractivity contribution in [2.45, 2.75) is 12.4 Å². The molecule has 1 aliphatic rings. The molecule has 1 aromatic rings. The van der Waals surface area contributed by atoms with Crippen LogP contribution in [0.5, 0.6) is 5.75 Å². The van der Waals surface area contributed by atoms with Gasteiger partial charge in [0.05, 0.1) is 6.04 Å². The average molecular weight is 292 g/mol. The van der Waals surface area contributed by atoms with Crippen LogP contribution in [-0.2, 0) is 0 Å². The van der Waals surface area contributed by atoms with Gasteiger partial charge in [-0.15, -0.1) is 13.2 Å². The molecule has 1 aromatic carbocycles. The molecule has 3 nitrogen and oxygen atoms in total. The molecule has 0 bridgehead atoms. The number of hydrogen-bond donors (Lipinski definition) is 1. The minimum absolute atomic E-state index is 0.231. The maximum Gasteiger partial charge on any atom is 0.573 e. The van der Waals surface area contributed by atoms with Crippen LogP contribution in [-0.4, -0.2) is 44.1 Å². The molecule has 0 amide bonds. The Labute approximate surface area is 114 Å². The number of rotatable bonds is 4. The minimum Gasteiger partial charge on any atom is -0.405 e. The number of benzene rings is 1. The van der Waals surface area contributed by atoms with Gasteiger partial charge >= 0.3 is 6.36 Å². The first-order valence-electron chi connectivity index (χ1n) is 6.36. The van der Waals surface area contributed by atoms with Crippen LogP contribution in [0.3, 0.4) is 0 Å². The van der Waals surface area contributed by atoms with E-state index >= 15 is 0 Å². The molecule has 7 heteroatoms. The quantitative estimate of drug-likeness (QED) is 0.863. The van der Waals surface area contributed by atoms with Crippen molar-refractivity contribution in [1.82, 2.24) is 10.2 Å². The van der Waals surface area contributed by atoms with Crippen molar-refractivity contribution in [2.24, 2.45) is 0 Å². The molecule has 0 aliphatic carbocycles. The van der Waals surface area contributed by atoms with E-state index in [1.54, 1.807) is 6.07 Å². The molecule has 1 fully saturated rings. The normalized spacial score (nSPS) is 18.8. The van der Waals surface area contributed by atoms with E-state index in [2.05, 4.69) is 10.1 Å². The van der Waals surface area contributed by atoms with Crippen molar-refractivity contribution < 1.29 is 22.3 Å². The molecule has 1 N–H and O–H groups in total. The van der Waals surface area contributed by atoms with Crippen molar-refractivity contribution in [3.63, 3.8) is 0 Å². The Morgan fingerprint density at radius 1 is 1.20 bits per heavy atom. The largest absolute Gasteiger partial charge is 0.573 e. The highest BCUT2D eigenvalue weighted by molar-refractivity contribution is 5.36. The van der Waals surface area contributed by atoms with Gasteiger partial charge in [0.1, 0.15) is 12.4 Å². The van der Waals surface area contributed by atoms with E-state index in [1.165, 1.54) is 18.2 Å². The molecule has 1 aliphatic heterocycles. The summed E-state index contributed by atoms with van der Waals surface area (Å²) in [6.45, 7) is 1.82. The molecule has 0 saturated carbocycles. The molecule has 0 radical (unpaired) electrons. The molecule has 0 spiro atoms. The Morgan fingerprint density at radius 3 is 2.45 bits per heavy atom. The van der Waals surface area contributed by atoms with Crippen LogP contribution in [0.15, 0.2) is 24.3 Å². The van der Waals surface area contributed by atoms with E-state index in [9.17, 15) is 17.6 Å². The van der Waals surface area contributed by atoms with E-state index in [1.807, 2.05) is 4.90 Å². The lowest BCUT2D eigenvalue weighted by Crippen LogP contribution is -2.45. The highest BCUT2D eigenvalue weighted by Crippen LogP contribution is 2.33. The summed E-state index contributed by atoms with van der Waals surface area (Å²) in [5.41, 5.74) is 0.231. The fraction of sp³-hybridized carbons (Fsp3) is 0.538. The number of para-hydroxylation sites is 1. The number of nitrogens with zero attached hydrogens (tertiary/aromatic N) is 1. The molecular formula is C13H16F4N2O. The lowest BCUT2D eigenvalue weighted by Gasteiger charge is -2.34. The zero-order valence-corrected chi connectivity index (χ0v) is 10.8. The van der Waals surface area contributed by atoms with Gasteiger partial charge < -0.3 is 10.1 Å². The predicted octanol–water partition coefficient (Wildman–Crippen LogP) is 2.50. The topological polar surface area (TPSA) is 24.5 Å². The number of alkyl halides is 4. The second kappa shape index (κ2) is 6.41. The van der Waals surface area contributed by atoms with Crippen molar-refractivity contribution in [3.05, 3.63) is 29.8 Å². The summed E-state index contributed by atoms with van der Waals surface area (Å²) in [5.74, 6) is -0.332. The van der Waals surface area contributed by atoms with E-state index in [4.69, 9.17) is 0 Å². The molecule has 1 saturated heterocycles. The standard InChI is InChI=1S/C13H16F4N2O/c14-9-11(19-7-5-18-6-8-19)10-3-1-2-4-12(10)20-13(15,16)17/h1-4,11,18H,5-9H2/t11-/m0/s1. The van der Waals surface area contributed by atoms with Crippen molar-refractivity contribution in [3.8, 4) is 5.75 Å². The van der Waals surface area contributed by atoms with Crippen molar-refractivity contribution >= 4 is 0 Å². The molecule has 0 aromatic heterocycles. The monoisotopic (exact) mass is 292 g/mol. The molecule has 1 atom stereocenters. The summed E-state index contributed by atoms with van der Waals surface area (Å²) in [7, 11) is 0. The fourth-order valence-electron chi connectivity index (χ4n) is 2.34. The first-order valence-corrected chi connectivity index (χ1v) is 6.36.